The summed E-state index contributed by atoms with van der Waals surface area (Å²) in [7, 11) is 0. The fourth-order valence-electron chi connectivity index (χ4n) is 2.26. The van der Waals surface area contributed by atoms with Crippen molar-refractivity contribution in [2.45, 2.75) is 13.3 Å². The summed E-state index contributed by atoms with van der Waals surface area (Å²) in [4.78, 5) is 16.7. The summed E-state index contributed by atoms with van der Waals surface area (Å²) in [6.07, 6.45) is 0.866. The first-order chi connectivity index (χ1) is 11.7. The van der Waals surface area contributed by atoms with Gasteiger partial charge in [-0.25, -0.2) is 9.67 Å². The van der Waals surface area contributed by atoms with Gasteiger partial charge in [0.05, 0.1) is 5.69 Å². The van der Waals surface area contributed by atoms with Crippen LogP contribution >= 0.6 is 15.9 Å². The molecule has 1 aromatic heterocycles. The molecule has 3 aromatic rings. The van der Waals surface area contributed by atoms with Gasteiger partial charge in [0.15, 0.2) is 5.82 Å². The summed E-state index contributed by atoms with van der Waals surface area (Å²) in [5.41, 5.74) is 1.75. The zero-order chi connectivity index (χ0) is 16.9. The first kappa shape index (κ1) is 16.4. The number of hydrogen-bond acceptors (Lipinski definition) is 3. The van der Waals surface area contributed by atoms with Gasteiger partial charge in [0.2, 0.25) is 5.82 Å². The van der Waals surface area contributed by atoms with Crippen LogP contribution in [0, 0.1) is 0 Å². The molecule has 0 aliphatic heterocycles. The topological polar surface area (TPSA) is 59.8 Å². The second kappa shape index (κ2) is 7.40. The lowest BCUT2D eigenvalue weighted by atomic mass is 10.2. The average Bonchev–Trinajstić information content (AvgIpc) is 3.06. The Bertz CT molecular complexity index is 828. The first-order valence-electron chi connectivity index (χ1n) is 7.75. The van der Waals surface area contributed by atoms with Crippen LogP contribution in [-0.2, 0) is 0 Å². The van der Waals surface area contributed by atoms with Crippen LogP contribution in [0.1, 0.15) is 24.0 Å². The highest BCUT2D eigenvalue weighted by atomic mass is 79.9. The largest absolute Gasteiger partial charge is 0.349 e. The van der Waals surface area contributed by atoms with Crippen LogP contribution in [0.4, 0.5) is 0 Å². The fourth-order valence-corrected chi connectivity index (χ4v) is 2.53. The molecule has 6 heteroatoms. The van der Waals surface area contributed by atoms with Crippen LogP contribution < -0.4 is 5.32 Å². The van der Waals surface area contributed by atoms with Crippen LogP contribution in [0.25, 0.3) is 17.1 Å². The van der Waals surface area contributed by atoms with Crippen molar-refractivity contribution < 1.29 is 4.79 Å². The first-order valence-corrected chi connectivity index (χ1v) is 8.55. The Morgan fingerprint density at radius 3 is 2.50 bits per heavy atom. The zero-order valence-electron chi connectivity index (χ0n) is 13.2. The van der Waals surface area contributed by atoms with E-state index in [1.807, 2.05) is 61.5 Å². The molecule has 0 aliphatic carbocycles. The Labute approximate surface area is 148 Å². The molecule has 5 nitrogen and oxygen atoms in total. The Morgan fingerprint density at radius 1 is 1.12 bits per heavy atom. The normalized spacial score (nSPS) is 10.6. The van der Waals surface area contributed by atoms with Gasteiger partial charge < -0.3 is 5.32 Å². The predicted octanol–water partition coefficient (Wildman–Crippen LogP) is 3.84. The van der Waals surface area contributed by atoms with Crippen molar-refractivity contribution in [1.82, 2.24) is 20.1 Å². The number of benzene rings is 2. The summed E-state index contributed by atoms with van der Waals surface area (Å²) in [5.74, 6) is 0.547. The zero-order valence-corrected chi connectivity index (χ0v) is 14.8. The second-order valence-electron chi connectivity index (χ2n) is 5.27. The number of halogens is 1. The van der Waals surface area contributed by atoms with Gasteiger partial charge in [-0.2, -0.15) is 0 Å². The van der Waals surface area contributed by atoms with E-state index in [1.54, 1.807) is 4.68 Å². The minimum Gasteiger partial charge on any atom is -0.349 e. The monoisotopic (exact) mass is 384 g/mol. The molecule has 2 aromatic carbocycles. The number of carbonyl (C=O) groups is 1. The standard InChI is InChI=1S/C18H17BrN4O/c1-2-12-20-18(24)16-21-17(13-8-10-14(19)11-9-13)23(22-16)15-6-4-3-5-7-15/h3-11H,2,12H2,1H3,(H,20,24). The van der Waals surface area contributed by atoms with Crippen molar-refractivity contribution in [3.63, 3.8) is 0 Å². The number of para-hydroxylation sites is 1. The average molecular weight is 385 g/mol. The number of amides is 1. The van der Waals surface area contributed by atoms with E-state index in [1.165, 1.54) is 0 Å². The lowest BCUT2D eigenvalue weighted by Gasteiger charge is -2.05. The van der Waals surface area contributed by atoms with E-state index in [0.717, 1.165) is 22.1 Å². The number of aromatic nitrogens is 3. The molecule has 0 unspecified atom stereocenters. The summed E-state index contributed by atoms with van der Waals surface area (Å²) < 4.78 is 2.68. The van der Waals surface area contributed by atoms with Crippen molar-refractivity contribution in [3.05, 3.63) is 64.9 Å². The summed E-state index contributed by atoms with van der Waals surface area (Å²) in [6.45, 7) is 2.61. The van der Waals surface area contributed by atoms with E-state index in [2.05, 4.69) is 31.3 Å². The molecule has 0 bridgehead atoms. The number of rotatable bonds is 5. The van der Waals surface area contributed by atoms with Gasteiger partial charge in [0.25, 0.3) is 5.91 Å². The smallest absolute Gasteiger partial charge is 0.290 e. The Hall–Kier alpha value is -2.47. The highest BCUT2D eigenvalue weighted by Crippen LogP contribution is 2.23. The van der Waals surface area contributed by atoms with Crippen molar-refractivity contribution in [2.24, 2.45) is 0 Å². The van der Waals surface area contributed by atoms with E-state index in [4.69, 9.17) is 0 Å². The van der Waals surface area contributed by atoms with Gasteiger partial charge in [0.1, 0.15) is 0 Å². The number of hydrogen-bond donors (Lipinski definition) is 1. The van der Waals surface area contributed by atoms with Gasteiger partial charge in [-0.05, 0) is 30.7 Å². The number of carbonyl (C=O) groups excluding carboxylic acids is 1. The van der Waals surface area contributed by atoms with Gasteiger partial charge in [-0.3, -0.25) is 4.79 Å². The van der Waals surface area contributed by atoms with E-state index in [0.29, 0.717) is 12.4 Å². The molecule has 0 spiro atoms. The van der Waals surface area contributed by atoms with Crippen molar-refractivity contribution in [2.75, 3.05) is 6.54 Å². The van der Waals surface area contributed by atoms with E-state index in [9.17, 15) is 4.79 Å². The van der Waals surface area contributed by atoms with Crippen LogP contribution in [0.3, 0.4) is 0 Å². The van der Waals surface area contributed by atoms with E-state index < -0.39 is 0 Å². The summed E-state index contributed by atoms with van der Waals surface area (Å²) >= 11 is 3.43. The molecular weight excluding hydrogens is 368 g/mol. The predicted molar refractivity (Wildman–Crippen MR) is 97.1 cm³/mol. The van der Waals surface area contributed by atoms with E-state index in [-0.39, 0.29) is 11.7 Å². The fraction of sp³-hybridized carbons (Fsp3) is 0.167. The quantitative estimate of drug-likeness (QED) is 0.726. The van der Waals surface area contributed by atoms with Gasteiger partial charge in [-0.15, -0.1) is 5.10 Å². The number of nitrogens with one attached hydrogen (secondary N) is 1. The molecule has 0 fully saturated rings. The minimum atomic E-state index is -0.259. The maximum absolute atomic E-state index is 12.2. The third-order valence-electron chi connectivity index (χ3n) is 3.45. The molecule has 0 aliphatic rings. The Kier molecular flexibility index (Phi) is 5.05. The minimum absolute atomic E-state index is 0.172. The lowest BCUT2D eigenvalue weighted by molar-refractivity contribution is 0.0943. The van der Waals surface area contributed by atoms with Crippen molar-refractivity contribution in [3.8, 4) is 17.1 Å². The highest BCUT2D eigenvalue weighted by Gasteiger charge is 2.18. The van der Waals surface area contributed by atoms with E-state index >= 15 is 0 Å². The SMILES string of the molecule is CCCNC(=O)c1nc(-c2ccc(Br)cc2)n(-c2ccccc2)n1. The molecule has 1 N–H and O–H groups in total. The molecule has 0 radical (unpaired) electrons. The molecular formula is C18H17BrN4O. The molecule has 3 rings (SSSR count). The summed E-state index contributed by atoms with van der Waals surface area (Å²) in [6, 6.07) is 17.4. The Balaban J connectivity index is 2.06. The van der Waals surface area contributed by atoms with Gasteiger partial charge in [0, 0.05) is 16.6 Å². The molecule has 1 heterocycles. The van der Waals surface area contributed by atoms with Crippen LogP contribution in [0.15, 0.2) is 59.1 Å². The third-order valence-corrected chi connectivity index (χ3v) is 3.98. The number of nitrogens with zero attached hydrogens (tertiary/aromatic N) is 3. The molecule has 0 saturated heterocycles. The van der Waals surface area contributed by atoms with Gasteiger partial charge in [-0.1, -0.05) is 53.2 Å². The highest BCUT2D eigenvalue weighted by molar-refractivity contribution is 9.10. The Morgan fingerprint density at radius 2 is 1.83 bits per heavy atom. The lowest BCUT2D eigenvalue weighted by Crippen LogP contribution is -2.25. The molecule has 24 heavy (non-hydrogen) atoms. The van der Waals surface area contributed by atoms with Crippen molar-refractivity contribution >= 4 is 21.8 Å². The van der Waals surface area contributed by atoms with Gasteiger partial charge >= 0.3 is 0 Å². The third kappa shape index (κ3) is 3.54. The molecule has 0 atom stereocenters. The van der Waals surface area contributed by atoms with Crippen LogP contribution in [0.5, 0.6) is 0 Å². The van der Waals surface area contributed by atoms with Crippen LogP contribution in [-0.4, -0.2) is 27.2 Å². The maximum atomic E-state index is 12.2. The van der Waals surface area contributed by atoms with Crippen LogP contribution in [0.2, 0.25) is 0 Å². The second-order valence-corrected chi connectivity index (χ2v) is 6.18. The molecule has 122 valence electrons. The molecule has 0 saturated carbocycles. The van der Waals surface area contributed by atoms with Crippen molar-refractivity contribution in [1.29, 1.82) is 0 Å². The summed E-state index contributed by atoms with van der Waals surface area (Å²) in [5, 5.41) is 7.23. The molecule has 1 amide bonds. The maximum Gasteiger partial charge on any atom is 0.290 e.